The number of sulfone groups is 1. The van der Waals surface area contributed by atoms with Crippen molar-refractivity contribution in [1.29, 1.82) is 0 Å². The van der Waals surface area contributed by atoms with Gasteiger partial charge in [-0.05, 0) is 38.0 Å². The van der Waals surface area contributed by atoms with Gasteiger partial charge in [0.25, 0.3) is 0 Å². The van der Waals surface area contributed by atoms with E-state index in [-0.39, 0.29) is 16.8 Å². The molecule has 0 spiro atoms. The molecular weight excluding hydrogens is 366 g/mol. The standard InChI is InChI=1S/C19H23N3O4S/c1-3-26-18(23)15-9-12-22(13-10-15)19-20-11-8-17(21-19)14-4-6-16(7-5-14)27(2,24)25/h4-8,11,15H,3,9-10,12-13H2,1-2H3. The van der Waals surface area contributed by atoms with E-state index in [4.69, 9.17) is 4.74 Å². The molecule has 27 heavy (non-hydrogen) atoms. The van der Waals surface area contributed by atoms with E-state index in [9.17, 15) is 13.2 Å². The molecule has 0 saturated carbocycles. The Bertz CT molecular complexity index is 905. The molecule has 144 valence electrons. The Balaban J connectivity index is 1.72. The summed E-state index contributed by atoms with van der Waals surface area (Å²) in [6, 6.07) is 8.45. The summed E-state index contributed by atoms with van der Waals surface area (Å²) in [5.41, 5.74) is 1.56. The minimum absolute atomic E-state index is 0.0621. The van der Waals surface area contributed by atoms with Crippen LogP contribution < -0.4 is 4.90 Å². The van der Waals surface area contributed by atoms with Crippen LogP contribution >= 0.6 is 0 Å². The summed E-state index contributed by atoms with van der Waals surface area (Å²) in [4.78, 5) is 23.2. The van der Waals surface area contributed by atoms with E-state index < -0.39 is 9.84 Å². The highest BCUT2D eigenvalue weighted by Crippen LogP contribution is 2.24. The summed E-state index contributed by atoms with van der Waals surface area (Å²) in [7, 11) is -3.22. The van der Waals surface area contributed by atoms with Gasteiger partial charge in [-0.25, -0.2) is 18.4 Å². The van der Waals surface area contributed by atoms with Crippen LogP contribution in [0.15, 0.2) is 41.4 Å². The normalized spacial score (nSPS) is 15.6. The lowest BCUT2D eigenvalue weighted by atomic mass is 9.97. The molecule has 3 rings (SSSR count). The lowest BCUT2D eigenvalue weighted by molar-refractivity contribution is -0.148. The fraction of sp³-hybridized carbons (Fsp3) is 0.421. The van der Waals surface area contributed by atoms with E-state index in [1.165, 1.54) is 6.26 Å². The molecule has 0 unspecified atom stereocenters. The number of hydrogen-bond acceptors (Lipinski definition) is 7. The second kappa shape index (κ2) is 8.04. The van der Waals surface area contributed by atoms with Crippen LogP contribution in [0.1, 0.15) is 19.8 Å². The number of carbonyl (C=O) groups is 1. The van der Waals surface area contributed by atoms with Crippen LogP contribution in [0.4, 0.5) is 5.95 Å². The van der Waals surface area contributed by atoms with Crippen molar-refractivity contribution in [2.24, 2.45) is 5.92 Å². The fourth-order valence-corrected chi connectivity index (χ4v) is 3.74. The average molecular weight is 389 g/mol. The lowest BCUT2D eigenvalue weighted by Crippen LogP contribution is -2.37. The van der Waals surface area contributed by atoms with Gasteiger partial charge in [-0.3, -0.25) is 4.79 Å². The first kappa shape index (κ1) is 19.3. The molecule has 1 aromatic carbocycles. The molecule has 1 aromatic heterocycles. The largest absolute Gasteiger partial charge is 0.466 e. The number of aromatic nitrogens is 2. The van der Waals surface area contributed by atoms with Crippen LogP contribution in [0.5, 0.6) is 0 Å². The Morgan fingerprint density at radius 1 is 1.19 bits per heavy atom. The maximum absolute atomic E-state index is 11.9. The molecule has 1 aliphatic rings. The minimum atomic E-state index is -3.22. The van der Waals surface area contributed by atoms with Gasteiger partial charge in [-0.2, -0.15) is 0 Å². The van der Waals surface area contributed by atoms with Crippen molar-refractivity contribution in [2.75, 3.05) is 30.9 Å². The van der Waals surface area contributed by atoms with Gasteiger partial charge in [-0.1, -0.05) is 12.1 Å². The molecule has 8 heteroatoms. The number of piperidine rings is 1. The van der Waals surface area contributed by atoms with Crippen molar-refractivity contribution in [1.82, 2.24) is 9.97 Å². The summed E-state index contributed by atoms with van der Waals surface area (Å²) < 4.78 is 28.3. The molecule has 1 fully saturated rings. The van der Waals surface area contributed by atoms with Crippen molar-refractivity contribution in [3.63, 3.8) is 0 Å². The summed E-state index contributed by atoms with van der Waals surface area (Å²) in [5, 5.41) is 0. The molecule has 2 heterocycles. The van der Waals surface area contributed by atoms with Gasteiger partial charge in [0.2, 0.25) is 5.95 Å². The first-order valence-electron chi connectivity index (χ1n) is 8.93. The molecule has 0 N–H and O–H groups in total. The Morgan fingerprint density at radius 2 is 1.85 bits per heavy atom. The van der Waals surface area contributed by atoms with Crippen LogP contribution in [0.25, 0.3) is 11.3 Å². The predicted octanol–water partition coefficient (Wildman–Crippen LogP) is 2.33. The van der Waals surface area contributed by atoms with Gasteiger partial charge in [0.15, 0.2) is 9.84 Å². The van der Waals surface area contributed by atoms with Gasteiger partial charge in [0.1, 0.15) is 0 Å². The van der Waals surface area contributed by atoms with Crippen molar-refractivity contribution < 1.29 is 17.9 Å². The smallest absolute Gasteiger partial charge is 0.309 e. The number of benzene rings is 1. The van der Waals surface area contributed by atoms with Crippen LogP contribution in [0.3, 0.4) is 0 Å². The van der Waals surface area contributed by atoms with E-state index in [1.807, 2.05) is 6.92 Å². The first-order valence-corrected chi connectivity index (χ1v) is 10.8. The molecule has 1 aliphatic heterocycles. The Kier molecular flexibility index (Phi) is 5.74. The highest BCUT2D eigenvalue weighted by Gasteiger charge is 2.27. The topological polar surface area (TPSA) is 89.5 Å². The third-order valence-corrected chi connectivity index (χ3v) is 5.75. The van der Waals surface area contributed by atoms with Crippen molar-refractivity contribution in [3.8, 4) is 11.3 Å². The van der Waals surface area contributed by atoms with Gasteiger partial charge in [0.05, 0.1) is 23.1 Å². The number of hydrogen-bond donors (Lipinski definition) is 0. The van der Waals surface area contributed by atoms with Crippen LogP contribution in [0.2, 0.25) is 0 Å². The molecule has 0 atom stereocenters. The van der Waals surface area contributed by atoms with Gasteiger partial charge < -0.3 is 9.64 Å². The maximum Gasteiger partial charge on any atom is 0.309 e. The monoisotopic (exact) mass is 389 g/mol. The first-order chi connectivity index (χ1) is 12.9. The number of rotatable bonds is 5. The van der Waals surface area contributed by atoms with Crippen molar-refractivity contribution in [3.05, 3.63) is 36.5 Å². The quantitative estimate of drug-likeness (QED) is 0.725. The number of esters is 1. The maximum atomic E-state index is 11.9. The second-order valence-corrected chi connectivity index (χ2v) is 8.57. The van der Waals surface area contributed by atoms with E-state index in [2.05, 4.69) is 14.9 Å². The summed E-state index contributed by atoms with van der Waals surface area (Å²) >= 11 is 0. The van der Waals surface area contributed by atoms with Gasteiger partial charge in [0, 0.05) is 31.1 Å². The highest BCUT2D eigenvalue weighted by atomic mass is 32.2. The van der Waals surface area contributed by atoms with Crippen LogP contribution in [-0.4, -0.2) is 50.3 Å². The van der Waals surface area contributed by atoms with E-state index in [0.717, 1.165) is 24.1 Å². The number of nitrogens with zero attached hydrogens (tertiary/aromatic N) is 3. The number of anilines is 1. The molecule has 0 bridgehead atoms. The van der Waals surface area contributed by atoms with Crippen LogP contribution in [-0.2, 0) is 19.4 Å². The van der Waals surface area contributed by atoms with Crippen LogP contribution in [0, 0.1) is 5.92 Å². The van der Waals surface area contributed by atoms with Gasteiger partial charge >= 0.3 is 5.97 Å². The zero-order valence-electron chi connectivity index (χ0n) is 15.5. The molecule has 1 saturated heterocycles. The molecule has 0 radical (unpaired) electrons. The SMILES string of the molecule is CCOC(=O)C1CCN(c2nccc(-c3ccc(S(C)(=O)=O)cc3)n2)CC1. The zero-order chi connectivity index (χ0) is 19.4. The predicted molar refractivity (Wildman–Crippen MR) is 102 cm³/mol. The Morgan fingerprint density at radius 3 is 2.44 bits per heavy atom. The highest BCUT2D eigenvalue weighted by molar-refractivity contribution is 7.90. The summed E-state index contributed by atoms with van der Waals surface area (Å²) in [5.74, 6) is 0.424. The fourth-order valence-electron chi connectivity index (χ4n) is 3.11. The molecular formula is C19H23N3O4S. The Hall–Kier alpha value is -2.48. The van der Waals surface area contributed by atoms with E-state index >= 15 is 0 Å². The third-order valence-electron chi connectivity index (χ3n) is 4.62. The molecule has 2 aromatic rings. The second-order valence-electron chi connectivity index (χ2n) is 6.55. The zero-order valence-corrected chi connectivity index (χ0v) is 16.3. The number of ether oxygens (including phenoxy) is 1. The van der Waals surface area contributed by atoms with Gasteiger partial charge in [-0.15, -0.1) is 0 Å². The summed E-state index contributed by atoms with van der Waals surface area (Å²) in [6.07, 6.45) is 4.31. The molecule has 7 nitrogen and oxygen atoms in total. The number of carbonyl (C=O) groups excluding carboxylic acids is 1. The van der Waals surface area contributed by atoms with Crippen molar-refractivity contribution in [2.45, 2.75) is 24.7 Å². The third kappa shape index (κ3) is 4.63. The molecule has 0 amide bonds. The molecule has 0 aliphatic carbocycles. The van der Waals surface area contributed by atoms with E-state index in [1.54, 1.807) is 36.5 Å². The Labute approximate surface area is 159 Å². The van der Waals surface area contributed by atoms with E-state index in [0.29, 0.717) is 25.6 Å². The minimum Gasteiger partial charge on any atom is -0.466 e. The summed E-state index contributed by atoms with van der Waals surface area (Å²) in [6.45, 7) is 3.61. The average Bonchev–Trinajstić information content (AvgIpc) is 2.68. The lowest BCUT2D eigenvalue weighted by Gasteiger charge is -2.30. The van der Waals surface area contributed by atoms with Crippen molar-refractivity contribution >= 4 is 21.8 Å².